The molecule has 1 aromatic heterocycles. The number of benzene rings is 1. The van der Waals surface area contributed by atoms with Crippen LogP contribution in [0.3, 0.4) is 0 Å². The zero-order valence-corrected chi connectivity index (χ0v) is 8.90. The summed E-state index contributed by atoms with van der Waals surface area (Å²) in [5.41, 5.74) is 1.82. The van der Waals surface area contributed by atoms with Crippen molar-refractivity contribution in [2.75, 3.05) is 0 Å². The lowest BCUT2D eigenvalue weighted by molar-refractivity contribution is 0.111. The number of imidazole rings is 1. The molecule has 1 heterocycles. The third-order valence-corrected chi connectivity index (χ3v) is 2.48. The third-order valence-electron chi connectivity index (χ3n) is 2.25. The molecule has 0 atom stereocenters. The molecule has 76 valence electrons. The fourth-order valence-corrected chi connectivity index (χ4v) is 1.64. The van der Waals surface area contributed by atoms with Crippen LogP contribution < -0.4 is 0 Å². The summed E-state index contributed by atoms with van der Waals surface area (Å²) < 4.78 is 1.73. The van der Waals surface area contributed by atoms with Crippen LogP contribution in [0.1, 0.15) is 10.6 Å². The zero-order valence-electron chi connectivity index (χ0n) is 8.14. The normalized spacial score (nSPS) is 10.3. The Bertz CT molecular complexity index is 505. The Morgan fingerprint density at radius 1 is 1.47 bits per heavy atom. The summed E-state index contributed by atoms with van der Waals surface area (Å²) in [5.74, 6) is 0.407. The molecular weight excluding hydrogens is 212 g/mol. The van der Waals surface area contributed by atoms with Crippen molar-refractivity contribution in [3.05, 3.63) is 41.3 Å². The van der Waals surface area contributed by atoms with Gasteiger partial charge in [-0.15, -0.1) is 0 Å². The number of carbonyl (C=O) groups excluding carboxylic acids is 1. The van der Waals surface area contributed by atoms with Gasteiger partial charge in [0.15, 0.2) is 12.1 Å². The Kier molecular flexibility index (Phi) is 2.56. The van der Waals surface area contributed by atoms with Gasteiger partial charge >= 0.3 is 0 Å². The maximum Gasteiger partial charge on any atom is 0.185 e. The predicted molar refractivity (Wildman–Crippen MR) is 59.0 cm³/mol. The summed E-state index contributed by atoms with van der Waals surface area (Å²) in [7, 11) is 1.80. The van der Waals surface area contributed by atoms with Gasteiger partial charge in [0.25, 0.3) is 0 Å². The first-order valence-electron chi connectivity index (χ1n) is 4.45. The van der Waals surface area contributed by atoms with E-state index in [1.54, 1.807) is 17.8 Å². The van der Waals surface area contributed by atoms with E-state index in [1.165, 1.54) is 0 Å². The van der Waals surface area contributed by atoms with Crippen LogP contribution in [0.15, 0.2) is 30.5 Å². The van der Waals surface area contributed by atoms with Gasteiger partial charge < -0.3 is 4.57 Å². The Morgan fingerprint density at radius 2 is 2.27 bits per heavy atom. The summed E-state index contributed by atoms with van der Waals surface area (Å²) in [5, 5.41) is 0.668. The molecule has 0 aliphatic carbocycles. The molecule has 0 amide bonds. The lowest BCUT2D eigenvalue weighted by atomic mass is 10.2. The van der Waals surface area contributed by atoms with Crippen molar-refractivity contribution in [2.24, 2.45) is 7.05 Å². The van der Waals surface area contributed by atoms with E-state index in [-0.39, 0.29) is 0 Å². The molecule has 0 saturated carbocycles. The largest absolute Gasteiger partial charge is 0.325 e. The molecule has 15 heavy (non-hydrogen) atoms. The van der Waals surface area contributed by atoms with Gasteiger partial charge in [0.05, 0.1) is 11.9 Å². The second kappa shape index (κ2) is 3.87. The number of nitrogens with zero attached hydrogens (tertiary/aromatic N) is 2. The zero-order chi connectivity index (χ0) is 10.8. The van der Waals surface area contributed by atoms with Gasteiger partial charge in [-0.25, -0.2) is 4.98 Å². The predicted octanol–water partition coefficient (Wildman–Crippen LogP) is 2.55. The van der Waals surface area contributed by atoms with Crippen molar-refractivity contribution in [1.29, 1.82) is 0 Å². The molecule has 2 rings (SSSR count). The number of carbonyl (C=O) groups is 1. The second-order valence-electron chi connectivity index (χ2n) is 3.19. The fourth-order valence-electron chi connectivity index (χ4n) is 1.45. The first kappa shape index (κ1) is 9.93. The molecule has 1 aromatic carbocycles. The first-order chi connectivity index (χ1) is 7.22. The Balaban J connectivity index is 2.54. The molecule has 4 heteroatoms. The standard InChI is InChI=1S/C11H9ClN2O/c1-14-10(6-13-11(14)7-15)8-3-2-4-9(12)5-8/h2-7H,1H3. The second-order valence-corrected chi connectivity index (χ2v) is 3.63. The van der Waals surface area contributed by atoms with Crippen LogP contribution in [-0.2, 0) is 7.05 Å². The van der Waals surface area contributed by atoms with E-state index in [1.807, 2.05) is 24.3 Å². The highest BCUT2D eigenvalue weighted by Crippen LogP contribution is 2.22. The van der Waals surface area contributed by atoms with Crippen molar-refractivity contribution in [2.45, 2.75) is 0 Å². The molecule has 0 fully saturated rings. The van der Waals surface area contributed by atoms with E-state index >= 15 is 0 Å². The number of aromatic nitrogens is 2. The minimum Gasteiger partial charge on any atom is -0.325 e. The van der Waals surface area contributed by atoms with Crippen LogP contribution >= 0.6 is 11.6 Å². The quantitative estimate of drug-likeness (QED) is 0.729. The molecule has 0 N–H and O–H groups in total. The molecule has 0 saturated heterocycles. The molecule has 0 aliphatic rings. The number of aldehydes is 1. The summed E-state index contributed by atoms with van der Waals surface area (Å²) >= 11 is 5.89. The lowest BCUT2D eigenvalue weighted by Crippen LogP contribution is -1.97. The van der Waals surface area contributed by atoms with Crippen LogP contribution in [0.2, 0.25) is 5.02 Å². The molecule has 0 unspecified atom stereocenters. The average Bonchev–Trinajstić information content (AvgIpc) is 2.59. The van der Waals surface area contributed by atoms with Crippen LogP contribution in [0.4, 0.5) is 0 Å². The van der Waals surface area contributed by atoms with Crippen molar-refractivity contribution >= 4 is 17.9 Å². The molecule has 0 aliphatic heterocycles. The summed E-state index contributed by atoms with van der Waals surface area (Å²) in [6.45, 7) is 0. The van der Waals surface area contributed by atoms with Crippen LogP contribution in [0.5, 0.6) is 0 Å². The van der Waals surface area contributed by atoms with Gasteiger partial charge in [0, 0.05) is 17.6 Å². The maximum atomic E-state index is 10.6. The minimum absolute atomic E-state index is 0.407. The summed E-state index contributed by atoms with van der Waals surface area (Å²) in [4.78, 5) is 14.6. The van der Waals surface area contributed by atoms with Gasteiger partial charge in [0.1, 0.15) is 0 Å². The van der Waals surface area contributed by atoms with E-state index < -0.39 is 0 Å². The van der Waals surface area contributed by atoms with Crippen molar-refractivity contribution in [1.82, 2.24) is 9.55 Å². The van der Waals surface area contributed by atoms with Gasteiger partial charge in [-0.1, -0.05) is 23.7 Å². The SMILES string of the molecule is Cn1c(-c2cccc(Cl)c2)cnc1C=O. The molecule has 2 aromatic rings. The van der Waals surface area contributed by atoms with E-state index in [4.69, 9.17) is 11.6 Å². The van der Waals surface area contributed by atoms with Crippen molar-refractivity contribution in [3.8, 4) is 11.3 Å². The van der Waals surface area contributed by atoms with E-state index in [2.05, 4.69) is 4.98 Å². The molecule has 0 spiro atoms. The van der Waals surface area contributed by atoms with Gasteiger partial charge in [-0.05, 0) is 12.1 Å². The smallest absolute Gasteiger partial charge is 0.185 e. The van der Waals surface area contributed by atoms with E-state index in [0.717, 1.165) is 17.5 Å². The highest BCUT2D eigenvalue weighted by molar-refractivity contribution is 6.30. The van der Waals surface area contributed by atoms with Gasteiger partial charge in [-0.3, -0.25) is 4.79 Å². The van der Waals surface area contributed by atoms with Gasteiger partial charge in [-0.2, -0.15) is 0 Å². The average molecular weight is 221 g/mol. The van der Waals surface area contributed by atoms with E-state index in [9.17, 15) is 4.79 Å². The maximum absolute atomic E-state index is 10.6. The molecule has 3 nitrogen and oxygen atoms in total. The monoisotopic (exact) mass is 220 g/mol. The van der Waals surface area contributed by atoms with Crippen LogP contribution in [0.25, 0.3) is 11.3 Å². The van der Waals surface area contributed by atoms with Crippen LogP contribution in [0, 0.1) is 0 Å². The molecule has 0 radical (unpaired) electrons. The number of rotatable bonds is 2. The van der Waals surface area contributed by atoms with E-state index in [0.29, 0.717) is 10.8 Å². The highest BCUT2D eigenvalue weighted by Gasteiger charge is 2.07. The summed E-state index contributed by atoms with van der Waals surface area (Å²) in [6.07, 6.45) is 2.39. The number of halogens is 1. The topological polar surface area (TPSA) is 34.9 Å². The van der Waals surface area contributed by atoms with Crippen molar-refractivity contribution < 1.29 is 4.79 Å². The summed E-state index contributed by atoms with van der Waals surface area (Å²) in [6, 6.07) is 7.44. The first-order valence-corrected chi connectivity index (χ1v) is 4.83. The highest BCUT2D eigenvalue weighted by atomic mass is 35.5. The number of hydrogen-bond donors (Lipinski definition) is 0. The number of hydrogen-bond acceptors (Lipinski definition) is 2. The Labute approximate surface area is 92.3 Å². The fraction of sp³-hybridized carbons (Fsp3) is 0.0909. The third kappa shape index (κ3) is 1.78. The van der Waals surface area contributed by atoms with Crippen molar-refractivity contribution in [3.63, 3.8) is 0 Å². The minimum atomic E-state index is 0.407. The Hall–Kier alpha value is -1.61. The molecular formula is C11H9ClN2O. The Morgan fingerprint density at radius 3 is 2.87 bits per heavy atom. The van der Waals surface area contributed by atoms with Gasteiger partial charge in [0.2, 0.25) is 0 Å². The van der Waals surface area contributed by atoms with Crippen LogP contribution in [-0.4, -0.2) is 15.8 Å². The molecule has 0 bridgehead atoms. The lowest BCUT2D eigenvalue weighted by Gasteiger charge is -2.03.